The zero-order chi connectivity index (χ0) is 12.2. The summed E-state index contributed by atoms with van der Waals surface area (Å²) in [4.78, 5) is 20.5. The smallest absolute Gasteiger partial charge is 0.225 e. The van der Waals surface area contributed by atoms with Crippen LogP contribution < -0.4 is 4.90 Å². The van der Waals surface area contributed by atoms with Crippen molar-refractivity contribution >= 4 is 12.2 Å². The van der Waals surface area contributed by atoms with Crippen LogP contribution in [0, 0.1) is 0 Å². The van der Waals surface area contributed by atoms with Crippen LogP contribution in [0.5, 0.6) is 0 Å². The van der Waals surface area contributed by atoms with E-state index >= 15 is 0 Å². The van der Waals surface area contributed by atoms with Gasteiger partial charge in [-0.2, -0.15) is 0 Å². The van der Waals surface area contributed by atoms with Gasteiger partial charge >= 0.3 is 0 Å². The highest BCUT2D eigenvalue weighted by Gasteiger charge is 2.18. The summed E-state index contributed by atoms with van der Waals surface area (Å²) >= 11 is 0. The van der Waals surface area contributed by atoms with Crippen molar-refractivity contribution in [1.29, 1.82) is 0 Å². The number of nitrogens with zero attached hydrogens (tertiary/aromatic N) is 3. The molecule has 0 aromatic carbocycles. The molecule has 0 amide bonds. The molecule has 1 aromatic heterocycles. The van der Waals surface area contributed by atoms with E-state index in [1.807, 2.05) is 11.8 Å². The number of hydrogen-bond donors (Lipinski definition) is 1. The molecule has 1 heterocycles. The van der Waals surface area contributed by atoms with Gasteiger partial charge in [0.05, 0.1) is 11.2 Å². The van der Waals surface area contributed by atoms with Crippen LogP contribution in [0.4, 0.5) is 5.95 Å². The third-order valence-electron chi connectivity index (χ3n) is 2.04. The maximum atomic E-state index is 10.5. The van der Waals surface area contributed by atoms with Crippen molar-refractivity contribution in [3.8, 4) is 0 Å². The standard InChI is InChI=1S/C11H17N3O2/c1-4-14(8-11(2,3)16)10-12-5-9(7-15)6-13-10/h5-7,16H,4,8H2,1-3H3. The predicted octanol–water partition coefficient (Wildman–Crippen LogP) is 0.886. The SMILES string of the molecule is CCN(CC(C)(C)O)c1ncc(C=O)cn1. The number of aliphatic hydroxyl groups is 1. The van der Waals surface area contributed by atoms with Gasteiger partial charge in [-0.15, -0.1) is 0 Å². The molecule has 1 rings (SSSR count). The average molecular weight is 223 g/mol. The highest BCUT2D eigenvalue weighted by Crippen LogP contribution is 2.11. The molecule has 0 saturated carbocycles. The van der Waals surface area contributed by atoms with E-state index in [0.29, 0.717) is 30.9 Å². The predicted molar refractivity (Wildman–Crippen MR) is 61.6 cm³/mol. The Morgan fingerprint density at radius 1 is 1.44 bits per heavy atom. The number of aldehydes is 1. The highest BCUT2D eigenvalue weighted by molar-refractivity contribution is 5.73. The number of likely N-dealkylation sites (N-methyl/N-ethyl adjacent to an activating group) is 1. The molecule has 0 aliphatic carbocycles. The molecule has 0 aliphatic rings. The molecule has 16 heavy (non-hydrogen) atoms. The highest BCUT2D eigenvalue weighted by atomic mass is 16.3. The molecule has 1 N–H and O–H groups in total. The molecule has 88 valence electrons. The molecule has 5 heteroatoms. The van der Waals surface area contributed by atoms with Crippen LogP contribution in [0.15, 0.2) is 12.4 Å². The van der Waals surface area contributed by atoms with E-state index in [2.05, 4.69) is 9.97 Å². The Morgan fingerprint density at radius 3 is 2.38 bits per heavy atom. The van der Waals surface area contributed by atoms with E-state index in [9.17, 15) is 9.90 Å². The Balaban J connectivity index is 2.82. The summed E-state index contributed by atoms with van der Waals surface area (Å²) < 4.78 is 0. The molecule has 0 fully saturated rings. The zero-order valence-corrected chi connectivity index (χ0v) is 9.84. The Labute approximate surface area is 95.1 Å². The Hall–Kier alpha value is -1.49. The molecule has 0 atom stereocenters. The van der Waals surface area contributed by atoms with E-state index in [1.54, 1.807) is 13.8 Å². The van der Waals surface area contributed by atoms with Gasteiger partial charge in [-0.05, 0) is 20.8 Å². The van der Waals surface area contributed by atoms with Gasteiger partial charge in [-0.25, -0.2) is 9.97 Å². The van der Waals surface area contributed by atoms with Crippen molar-refractivity contribution in [3.05, 3.63) is 18.0 Å². The van der Waals surface area contributed by atoms with Crippen molar-refractivity contribution in [2.45, 2.75) is 26.4 Å². The third kappa shape index (κ3) is 3.58. The minimum absolute atomic E-state index is 0.447. The molecular formula is C11H17N3O2. The first-order valence-corrected chi connectivity index (χ1v) is 5.21. The van der Waals surface area contributed by atoms with Crippen LogP contribution in [-0.4, -0.2) is 40.1 Å². The van der Waals surface area contributed by atoms with Crippen molar-refractivity contribution < 1.29 is 9.90 Å². The zero-order valence-electron chi connectivity index (χ0n) is 9.84. The van der Waals surface area contributed by atoms with Gasteiger partial charge in [0.15, 0.2) is 6.29 Å². The number of carbonyl (C=O) groups is 1. The second-order valence-electron chi connectivity index (χ2n) is 4.26. The van der Waals surface area contributed by atoms with Crippen LogP contribution in [0.25, 0.3) is 0 Å². The van der Waals surface area contributed by atoms with Gasteiger partial charge in [0, 0.05) is 25.5 Å². The van der Waals surface area contributed by atoms with Crippen LogP contribution in [-0.2, 0) is 0 Å². The quantitative estimate of drug-likeness (QED) is 0.751. The van der Waals surface area contributed by atoms with Gasteiger partial charge in [-0.3, -0.25) is 4.79 Å². The van der Waals surface area contributed by atoms with Crippen LogP contribution in [0.1, 0.15) is 31.1 Å². The van der Waals surface area contributed by atoms with Gasteiger partial charge in [0.25, 0.3) is 0 Å². The van der Waals surface area contributed by atoms with E-state index in [1.165, 1.54) is 12.4 Å². The lowest BCUT2D eigenvalue weighted by atomic mass is 10.1. The average Bonchev–Trinajstić information content (AvgIpc) is 2.25. The molecular weight excluding hydrogens is 206 g/mol. The number of carbonyl (C=O) groups excluding carboxylic acids is 1. The monoisotopic (exact) mass is 223 g/mol. The summed E-state index contributed by atoms with van der Waals surface area (Å²) in [6.07, 6.45) is 3.65. The van der Waals surface area contributed by atoms with Gasteiger partial charge in [-0.1, -0.05) is 0 Å². The third-order valence-corrected chi connectivity index (χ3v) is 2.04. The second kappa shape index (κ2) is 5.03. The van der Waals surface area contributed by atoms with Crippen molar-refractivity contribution in [1.82, 2.24) is 9.97 Å². The first-order valence-electron chi connectivity index (χ1n) is 5.21. The largest absolute Gasteiger partial charge is 0.389 e. The van der Waals surface area contributed by atoms with Crippen LogP contribution >= 0.6 is 0 Å². The number of anilines is 1. The maximum absolute atomic E-state index is 10.5. The normalized spacial score (nSPS) is 11.2. The van der Waals surface area contributed by atoms with Gasteiger partial charge in [0.2, 0.25) is 5.95 Å². The fourth-order valence-electron chi connectivity index (χ4n) is 1.35. The first kappa shape index (κ1) is 12.6. The lowest BCUT2D eigenvalue weighted by molar-refractivity contribution is 0.0872. The van der Waals surface area contributed by atoms with Crippen molar-refractivity contribution in [3.63, 3.8) is 0 Å². The fraction of sp³-hybridized carbons (Fsp3) is 0.545. The fourth-order valence-corrected chi connectivity index (χ4v) is 1.35. The summed E-state index contributed by atoms with van der Waals surface area (Å²) in [5.74, 6) is 0.523. The summed E-state index contributed by atoms with van der Waals surface area (Å²) in [5, 5.41) is 9.73. The first-order chi connectivity index (χ1) is 7.46. The van der Waals surface area contributed by atoms with Crippen LogP contribution in [0.3, 0.4) is 0 Å². The summed E-state index contributed by atoms with van der Waals surface area (Å²) in [6.45, 7) is 6.57. The summed E-state index contributed by atoms with van der Waals surface area (Å²) in [5.41, 5.74) is -0.356. The molecule has 0 saturated heterocycles. The van der Waals surface area contributed by atoms with Gasteiger partial charge in [0.1, 0.15) is 0 Å². The number of aromatic nitrogens is 2. The lowest BCUT2D eigenvalue weighted by Crippen LogP contribution is -2.39. The molecule has 0 spiro atoms. The summed E-state index contributed by atoms with van der Waals surface area (Å²) in [6, 6.07) is 0. The molecule has 5 nitrogen and oxygen atoms in total. The molecule has 0 aliphatic heterocycles. The topological polar surface area (TPSA) is 66.3 Å². The van der Waals surface area contributed by atoms with E-state index in [4.69, 9.17) is 0 Å². The van der Waals surface area contributed by atoms with Gasteiger partial charge < -0.3 is 10.0 Å². The lowest BCUT2D eigenvalue weighted by Gasteiger charge is -2.27. The second-order valence-corrected chi connectivity index (χ2v) is 4.26. The molecule has 0 radical (unpaired) electrons. The van der Waals surface area contributed by atoms with E-state index < -0.39 is 5.60 Å². The molecule has 0 unspecified atom stereocenters. The van der Waals surface area contributed by atoms with Crippen molar-refractivity contribution in [2.24, 2.45) is 0 Å². The molecule has 1 aromatic rings. The summed E-state index contributed by atoms with van der Waals surface area (Å²) in [7, 11) is 0. The van der Waals surface area contributed by atoms with Crippen LogP contribution in [0.2, 0.25) is 0 Å². The van der Waals surface area contributed by atoms with E-state index in [0.717, 1.165) is 0 Å². The van der Waals surface area contributed by atoms with Crippen molar-refractivity contribution in [2.75, 3.05) is 18.0 Å². The molecule has 0 bridgehead atoms. The number of hydrogen-bond acceptors (Lipinski definition) is 5. The minimum Gasteiger partial charge on any atom is -0.389 e. The number of rotatable bonds is 5. The maximum Gasteiger partial charge on any atom is 0.225 e. The Morgan fingerprint density at radius 2 is 2.00 bits per heavy atom. The van der Waals surface area contributed by atoms with E-state index in [-0.39, 0.29) is 0 Å². The Kier molecular flexibility index (Phi) is 3.95. The minimum atomic E-state index is -0.803. The Bertz CT molecular complexity index is 343.